The van der Waals surface area contributed by atoms with Crippen LogP contribution < -0.4 is 5.73 Å². The minimum atomic E-state index is 0.0923. The van der Waals surface area contributed by atoms with E-state index in [0.29, 0.717) is 23.7 Å². The molecule has 4 heteroatoms. The van der Waals surface area contributed by atoms with Crippen LogP contribution in [0.25, 0.3) is 0 Å². The van der Waals surface area contributed by atoms with Crippen molar-refractivity contribution in [2.75, 3.05) is 33.7 Å². The van der Waals surface area contributed by atoms with Crippen LogP contribution >= 0.6 is 0 Å². The molecule has 2 N–H and O–H groups in total. The summed E-state index contributed by atoms with van der Waals surface area (Å²) < 4.78 is 0. The Labute approximate surface area is 123 Å². The zero-order valence-electron chi connectivity index (χ0n) is 13.5. The number of hydrogen-bond acceptors (Lipinski definition) is 3. The molecular formula is C16H31N3O. The molecule has 4 nitrogen and oxygen atoms in total. The fraction of sp³-hybridized carbons (Fsp3) is 0.938. The first kappa shape index (κ1) is 15.8. The molecule has 0 saturated heterocycles. The Hall–Kier alpha value is -0.610. The van der Waals surface area contributed by atoms with Gasteiger partial charge in [0.05, 0.1) is 5.92 Å². The zero-order valence-corrected chi connectivity index (χ0v) is 13.5. The van der Waals surface area contributed by atoms with Gasteiger partial charge in [-0.15, -0.1) is 0 Å². The van der Waals surface area contributed by atoms with Gasteiger partial charge in [-0.2, -0.15) is 0 Å². The Balaban J connectivity index is 2.01. The van der Waals surface area contributed by atoms with E-state index in [1.54, 1.807) is 0 Å². The van der Waals surface area contributed by atoms with Crippen molar-refractivity contribution >= 4 is 5.91 Å². The number of amides is 1. The third kappa shape index (κ3) is 3.34. The number of nitrogens with two attached hydrogens (primary N) is 1. The molecule has 0 aromatic carbocycles. The maximum absolute atomic E-state index is 12.9. The normalized spacial score (nSPS) is 32.4. The molecular weight excluding hydrogens is 250 g/mol. The van der Waals surface area contributed by atoms with Gasteiger partial charge in [-0.05, 0) is 51.1 Å². The fourth-order valence-corrected chi connectivity index (χ4v) is 3.97. The van der Waals surface area contributed by atoms with Crippen LogP contribution in [-0.4, -0.2) is 55.5 Å². The van der Waals surface area contributed by atoms with Crippen molar-refractivity contribution in [2.24, 2.45) is 29.4 Å². The number of carbonyl (C=O) groups excluding carboxylic acids is 1. The molecule has 2 saturated carbocycles. The van der Waals surface area contributed by atoms with Gasteiger partial charge >= 0.3 is 0 Å². The SMILES string of the molecule is CC(C)CN(CCN(C)C)C(=O)C1C2CCC(C2)C1N. The standard InChI is InChI=1S/C16H31N3O/c1-11(2)10-19(8-7-18(3)4)16(20)14-12-5-6-13(9-12)15(14)17/h11-15H,5-10,17H2,1-4H3. The molecule has 0 aromatic rings. The number of nitrogens with zero attached hydrogens (tertiary/aromatic N) is 2. The Morgan fingerprint density at radius 1 is 1.20 bits per heavy atom. The average molecular weight is 281 g/mol. The summed E-state index contributed by atoms with van der Waals surface area (Å²) in [6.45, 7) is 6.96. The van der Waals surface area contributed by atoms with E-state index in [9.17, 15) is 4.79 Å². The molecule has 0 heterocycles. The Bertz CT molecular complexity index is 341. The van der Waals surface area contributed by atoms with Crippen LogP contribution in [0.5, 0.6) is 0 Å². The molecule has 4 unspecified atom stereocenters. The van der Waals surface area contributed by atoms with Gasteiger partial charge in [-0.25, -0.2) is 0 Å². The monoisotopic (exact) mass is 281 g/mol. The molecule has 4 atom stereocenters. The molecule has 2 fully saturated rings. The van der Waals surface area contributed by atoms with E-state index in [1.165, 1.54) is 19.3 Å². The van der Waals surface area contributed by atoms with Crippen molar-refractivity contribution in [1.82, 2.24) is 9.80 Å². The summed E-state index contributed by atoms with van der Waals surface area (Å²) in [4.78, 5) is 17.1. The van der Waals surface area contributed by atoms with E-state index in [1.807, 2.05) is 0 Å². The summed E-state index contributed by atoms with van der Waals surface area (Å²) in [5.74, 6) is 2.08. The molecule has 0 spiro atoms. The zero-order chi connectivity index (χ0) is 14.9. The first-order chi connectivity index (χ1) is 9.40. The van der Waals surface area contributed by atoms with Crippen LogP contribution in [0.3, 0.4) is 0 Å². The second-order valence-electron chi connectivity index (χ2n) is 7.42. The van der Waals surface area contributed by atoms with Crippen LogP contribution in [0, 0.1) is 23.7 Å². The second kappa shape index (κ2) is 6.44. The quantitative estimate of drug-likeness (QED) is 0.801. The predicted molar refractivity (Wildman–Crippen MR) is 82.3 cm³/mol. The third-order valence-corrected chi connectivity index (χ3v) is 4.98. The van der Waals surface area contributed by atoms with Gasteiger partial charge < -0.3 is 15.5 Å². The van der Waals surface area contributed by atoms with Gasteiger partial charge in [-0.1, -0.05) is 13.8 Å². The van der Waals surface area contributed by atoms with E-state index >= 15 is 0 Å². The maximum Gasteiger partial charge on any atom is 0.227 e. The molecule has 2 aliphatic rings. The predicted octanol–water partition coefficient (Wildman–Crippen LogP) is 1.41. The molecule has 2 rings (SSSR count). The number of carbonyl (C=O) groups is 1. The van der Waals surface area contributed by atoms with Crippen LogP contribution in [0.4, 0.5) is 0 Å². The summed E-state index contributed by atoms with van der Waals surface area (Å²) in [5, 5.41) is 0. The molecule has 0 aromatic heterocycles. The number of rotatable bonds is 6. The number of likely N-dealkylation sites (N-methyl/N-ethyl adjacent to an activating group) is 1. The van der Waals surface area contributed by atoms with E-state index in [4.69, 9.17) is 5.73 Å². The van der Waals surface area contributed by atoms with Crippen molar-refractivity contribution in [3.63, 3.8) is 0 Å². The van der Waals surface area contributed by atoms with Crippen LogP contribution in [-0.2, 0) is 4.79 Å². The minimum Gasteiger partial charge on any atom is -0.341 e. The van der Waals surface area contributed by atoms with Crippen molar-refractivity contribution in [1.29, 1.82) is 0 Å². The largest absolute Gasteiger partial charge is 0.341 e. The highest BCUT2D eigenvalue weighted by Crippen LogP contribution is 2.48. The van der Waals surface area contributed by atoms with Crippen LogP contribution in [0.2, 0.25) is 0 Å². The van der Waals surface area contributed by atoms with Gasteiger partial charge in [-0.3, -0.25) is 4.79 Å². The molecule has 2 bridgehead atoms. The van der Waals surface area contributed by atoms with E-state index in [-0.39, 0.29) is 12.0 Å². The Kier molecular flexibility index (Phi) is 5.08. The van der Waals surface area contributed by atoms with Crippen molar-refractivity contribution < 1.29 is 4.79 Å². The molecule has 2 aliphatic carbocycles. The van der Waals surface area contributed by atoms with Gasteiger partial charge in [0.1, 0.15) is 0 Å². The van der Waals surface area contributed by atoms with E-state index in [2.05, 4.69) is 37.7 Å². The van der Waals surface area contributed by atoms with Crippen molar-refractivity contribution in [3.05, 3.63) is 0 Å². The third-order valence-electron chi connectivity index (χ3n) is 4.98. The summed E-state index contributed by atoms with van der Waals surface area (Å²) in [7, 11) is 4.11. The topological polar surface area (TPSA) is 49.6 Å². The summed E-state index contributed by atoms with van der Waals surface area (Å²) in [6.07, 6.45) is 3.62. The lowest BCUT2D eigenvalue weighted by atomic mass is 9.84. The van der Waals surface area contributed by atoms with Gasteiger partial charge in [0.15, 0.2) is 0 Å². The summed E-state index contributed by atoms with van der Waals surface area (Å²) >= 11 is 0. The highest BCUT2D eigenvalue weighted by atomic mass is 16.2. The first-order valence-corrected chi connectivity index (χ1v) is 8.09. The summed E-state index contributed by atoms with van der Waals surface area (Å²) in [5.41, 5.74) is 6.33. The van der Waals surface area contributed by atoms with Gasteiger partial charge in [0, 0.05) is 25.7 Å². The van der Waals surface area contributed by atoms with Crippen molar-refractivity contribution in [3.8, 4) is 0 Å². The lowest BCUT2D eigenvalue weighted by Gasteiger charge is -2.34. The van der Waals surface area contributed by atoms with Crippen molar-refractivity contribution in [2.45, 2.75) is 39.2 Å². The highest BCUT2D eigenvalue weighted by Gasteiger charge is 2.50. The van der Waals surface area contributed by atoms with Gasteiger partial charge in [0.25, 0.3) is 0 Å². The molecule has 116 valence electrons. The molecule has 20 heavy (non-hydrogen) atoms. The highest BCUT2D eigenvalue weighted by molar-refractivity contribution is 5.80. The first-order valence-electron chi connectivity index (χ1n) is 8.09. The molecule has 1 amide bonds. The van der Waals surface area contributed by atoms with Gasteiger partial charge in [0.2, 0.25) is 5.91 Å². The lowest BCUT2D eigenvalue weighted by Crippen LogP contribution is -2.49. The van der Waals surface area contributed by atoms with Crippen LogP contribution in [0.15, 0.2) is 0 Å². The van der Waals surface area contributed by atoms with Crippen LogP contribution in [0.1, 0.15) is 33.1 Å². The lowest BCUT2D eigenvalue weighted by molar-refractivity contribution is -0.138. The average Bonchev–Trinajstić information content (AvgIpc) is 2.93. The minimum absolute atomic E-state index is 0.0923. The second-order valence-corrected chi connectivity index (χ2v) is 7.42. The summed E-state index contributed by atoms with van der Waals surface area (Å²) in [6, 6.07) is 0.107. The molecule has 0 aliphatic heterocycles. The number of hydrogen-bond donors (Lipinski definition) is 1. The Morgan fingerprint density at radius 3 is 2.35 bits per heavy atom. The molecule has 0 radical (unpaired) electrons. The Morgan fingerprint density at radius 2 is 1.85 bits per heavy atom. The maximum atomic E-state index is 12.9. The van der Waals surface area contributed by atoms with E-state index in [0.717, 1.165) is 19.6 Å². The smallest absolute Gasteiger partial charge is 0.227 e. The number of fused-ring (bicyclic) bond motifs is 2. The fourth-order valence-electron chi connectivity index (χ4n) is 3.97. The van der Waals surface area contributed by atoms with E-state index < -0.39 is 0 Å².